The number of imidazole rings is 1. The molecule has 1 N–H and O–H groups in total. The van der Waals surface area contributed by atoms with Crippen LogP contribution in [0.25, 0.3) is 0 Å². The number of benzene rings is 1. The minimum atomic E-state index is 0.409. The van der Waals surface area contributed by atoms with Crippen LogP contribution in [0.5, 0.6) is 0 Å². The number of para-hydroxylation sites is 1. The van der Waals surface area contributed by atoms with Crippen molar-refractivity contribution >= 4 is 34.2 Å². The molecule has 1 aromatic heterocycles. The van der Waals surface area contributed by atoms with Crippen LogP contribution in [0.1, 0.15) is 19.9 Å². The molecule has 2 aromatic rings. The summed E-state index contributed by atoms with van der Waals surface area (Å²) in [7, 11) is 0. The van der Waals surface area contributed by atoms with E-state index < -0.39 is 0 Å². The monoisotopic (exact) mass is 327 g/mol. The van der Waals surface area contributed by atoms with Gasteiger partial charge in [0.2, 0.25) is 5.95 Å². The van der Waals surface area contributed by atoms with Crippen molar-refractivity contribution in [1.29, 1.82) is 0 Å². The van der Waals surface area contributed by atoms with E-state index in [0.717, 1.165) is 11.6 Å². The van der Waals surface area contributed by atoms with Crippen LogP contribution in [-0.4, -0.2) is 9.55 Å². The van der Waals surface area contributed by atoms with Gasteiger partial charge < -0.3 is 9.88 Å². The fourth-order valence-electron chi connectivity index (χ4n) is 1.51. The van der Waals surface area contributed by atoms with Crippen LogP contribution >= 0.6 is 22.6 Å². The quantitative estimate of drug-likeness (QED) is 0.869. The Kier molecular flexibility index (Phi) is 3.48. The number of rotatable bonds is 3. The third kappa shape index (κ3) is 2.37. The molecule has 0 aliphatic heterocycles. The minimum absolute atomic E-state index is 0.409. The molecule has 4 heteroatoms. The average molecular weight is 327 g/mol. The summed E-state index contributed by atoms with van der Waals surface area (Å²) in [4.78, 5) is 4.32. The van der Waals surface area contributed by atoms with E-state index in [4.69, 9.17) is 0 Å². The highest BCUT2D eigenvalue weighted by Crippen LogP contribution is 2.22. The molecular weight excluding hydrogens is 313 g/mol. The summed E-state index contributed by atoms with van der Waals surface area (Å²) in [6.07, 6.45) is 3.81. The summed E-state index contributed by atoms with van der Waals surface area (Å²) in [5.41, 5.74) is 1.09. The molecule has 0 aliphatic carbocycles. The molecule has 16 heavy (non-hydrogen) atoms. The van der Waals surface area contributed by atoms with E-state index in [1.165, 1.54) is 3.57 Å². The van der Waals surface area contributed by atoms with Gasteiger partial charge in [-0.25, -0.2) is 4.98 Å². The van der Waals surface area contributed by atoms with Gasteiger partial charge in [-0.1, -0.05) is 12.1 Å². The molecule has 1 aromatic carbocycles. The van der Waals surface area contributed by atoms with Gasteiger partial charge in [0.1, 0.15) is 0 Å². The number of anilines is 2. The number of nitrogens with zero attached hydrogens (tertiary/aromatic N) is 2. The Morgan fingerprint density at radius 2 is 2.06 bits per heavy atom. The maximum atomic E-state index is 4.32. The second-order valence-corrected chi connectivity index (χ2v) is 5.02. The highest BCUT2D eigenvalue weighted by atomic mass is 127. The number of aromatic nitrogens is 2. The van der Waals surface area contributed by atoms with Gasteiger partial charge in [0, 0.05) is 22.0 Å². The normalized spacial score (nSPS) is 10.8. The van der Waals surface area contributed by atoms with Crippen LogP contribution in [-0.2, 0) is 0 Å². The first kappa shape index (κ1) is 11.4. The number of hydrogen-bond donors (Lipinski definition) is 1. The summed E-state index contributed by atoms with van der Waals surface area (Å²) in [5.74, 6) is 0.888. The lowest BCUT2D eigenvalue weighted by molar-refractivity contribution is 0.608. The topological polar surface area (TPSA) is 29.9 Å². The lowest BCUT2D eigenvalue weighted by atomic mass is 10.3. The van der Waals surface area contributed by atoms with Gasteiger partial charge in [0.25, 0.3) is 0 Å². The van der Waals surface area contributed by atoms with Crippen LogP contribution in [0, 0.1) is 3.57 Å². The first-order valence-corrected chi connectivity index (χ1v) is 6.30. The molecule has 0 radical (unpaired) electrons. The zero-order valence-corrected chi connectivity index (χ0v) is 11.5. The molecule has 0 unspecified atom stereocenters. The zero-order chi connectivity index (χ0) is 11.5. The maximum absolute atomic E-state index is 4.32. The van der Waals surface area contributed by atoms with Gasteiger partial charge in [-0.2, -0.15) is 0 Å². The average Bonchev–Trinajstić information content (AvgIpc) is 2.69. The van der Waals surface area contributed by atoms with Gasteiger partial charge in [0.05, 0.1) is 5.69 Å². The standard InChI is InChI=1S/C12H14IN3/c1-9(2)16-8-7-14-12(16)15-11-6-4-3-5-10(11)13/h3-9H,1-2H3,(H,14,15). The second kappa shape index (κ2) is 4.86. The number of nitrogens with one attached hydrogen (secondary N) is 1. The zero-order valence-electron chi connectivity index (χ0n) is 9.31. The maximum Gasteiger partial charge on any atom is 0.207 e. The predicted molar refractivity (Wildman–Crippen MR) is 75.1 cm³/mol. The van der Waals surface area contributed by atoms with E-state index in [1.807, 2.05) is 24.5 Å². The third-order valence-corrected chi connectivity index (χ3v) is 3.29. The Labute approximate surface area is 109 Å². The molecule has 1 heterocycles. The van der Waals surface area contributed by atoms with Gasteiger partial charge in [-0.3, -0.25) is 0 Å². The van der Waals surface area contributed by atoms with Crippen LogP contribution in [0.2, 0.25) is 0 Å². The number of hydrogen-bond acceptors (Lipinski definition) is 2. The lowest BCUT2D eigenvalue weighted by Crippen LogP contribution is -2.05. The van der Waals surface area contributed by atoms with E-state index in [0.29, 0.717) is 6.04 Å². The Morgan fingerprint density at radius 1 is 1.31 bits per heavy atom. The summed E-state index contributed by atoms with van der Waals surface area (Å²) in [6.45, 7) is 4.28. The predicted octanol–water partition coefficient (Wildman–Crippen LogP) is 3.81. The van der Waals surface area contributed by atoms with Crippen molar-refractivity contribution < 1.29 is 0 Å². The summed E-state index contributed by atoms with van der Waals surface area (Å²) >= 11 is 2.31. The Hall–Kier alpha value is -1.04. The van der Waals surface area contributed by atoms with Crippen LogP contribution in [0.4, 0.5) is 11.6 Å². The molecule has 2 rings (SSSR count). The Morgan fingerprint density at radius 3 is 2.75 bits per heavy atom. The van der Waals surface area contributed by atoms with Crippen LogP contribution in [0.3, 0.4) is 0 Å². The van der Waals surface area contributed by atoms with Crippen molar-refractivity contribution in [2.75, 3.05) is 5.32 Å². The summed E-state index contributed by atoms with van der Waals surface area (Å²) in [5, 5.41) is 3.35. The van der Waals surface area contributed by atoms with Gasteiger partial charge >= 0.3 is 0 Å². The van der Waals surface area contributed by atoms with Crippen molar-refractivity contribution in [1.82, 2.24) is 9.55 Å². The smallest absolute Gasteiger partial charge is 0.207 e. The Bertz CT molecular complexity index is 477. The lowest BCUT2D eigenvalue weighted by Gasteiger charge is -2.13. The van der Waals surface area contributed by atoms with Gasteiger partial charge in [-0.05, 0) is 48.6 Å². The van der Waals surface area contributed by atoms with E-state index >= 15 is 0 Å². The number of halogens is 1. The summed E-state index contributed by atoms with van der Waals surface area (Å²) in [6, 6.07) is 8.59. The fourth-order valence-corrected chi connectivity index (χ4v) is 2.03. The molecular formula is C12H14IN3. The second-order valence-electron chi connectivity index (χ2n) is 3.86. The van der Waals surface area contributed by atoms with E-state index in [-0.39, 0.29) is 0 Å². The molecule has 0 saturated heterocycles. The molecule has 0 aliphatic rings. The third-order valence-electron chi connectivity index (χ3n) is 2.35. The highest BCUT2D eigenvalue weighted by molar-refractivity contribution is 14.1. The van der Waals surface area contributed by atoms with E-state index in [1.54, 1.807) is 0 Å². The highest BCUT2D eigenvalue weighted by Gasteiger charge is 2.07. The van der Waals surface area contributed by atoms with Crippen LogP contribution < -0.4 is 5.32 Å². The van der Waals surface area contributed by atoms with Crippen molar-refractivity contribution in [3.8, 4) is 0 Å². The molecule has 0 saturated carbocycles. The van der Waals surface area contributed by atoms with Gasteiger partial charge in [0.15, 0.2) is 0 Å². The van der Waals surface area contributed by atoms with Crippen molar-refractivity contribution in [3.05, 3.63) is 40.2 Å². The molecule has 0 spiro atoms. The Balaban J connectivity index is 2.27. The van der Waals surface area contributed by atoms with E-state index in [9.17, 15) is 0 Å². The van der Waals surface area contributed by atoms with Crippen molar-refractivity contribution in [2.45, 2.75) is 19.9 Å². The first-order valence-electron chi connectivity index (χ1n) is 5.23. The largest absolute Gasteiger partial charge is 0.325 e. The molecule has 0 bridgehead atoms. The fraction of sp³-hybridized carbons (Fsp3) is 0.250. The van der Waals surface area contributed by atoms with Crippen LogP contribution in [0.15, 0.2) is 36.7 Å². The SMILES string of the molecule is CC(C)n1ccnc1Nc1ccccc1I. The van der Waals surface area contributed by atoms with Crippen molar-refractivity contribution in [3.63, 3.8) is 0 Å². The van der Waals surface area contributed by atoms with Gasteiger partial charge in [-0.15, -0.1) is 0 Å². The molecule has 0 fully saturated rings. The first-order chi connectivity index (χ1) is 7.68. The summed E-state index contributed by atoms with van der Waals surface area (Å²) < 4.78 is 3.31. The molecule has 84 valence electrons. The molecule has 0 amide bonds. The van der Waals surface area contributed by atoms with Crippen molar-refractivity contribution in [2.24, 2.45) is 0 Å². The minimum Gasteiger partial charge on any atom is -0.325 e. The van der Waals surface area contributed by atoms with E-state index in [2.05, 4.69) is 63.4 Å². The molecule has 3 nitrogen and oxygen atoms in total. The molecule has 0 atom stereocenters.